The van der Waals surface area contributed by atoms with Gasteiger partial charge in [-0.05, 0) is 49.1 Å². The van der Waals surface area contributed by atoms with E-state index in [1.54, 1.807) is 0 Å². The summed E-state index contributed by atoms with van der Waals surface area (Å²) in [6, 6.07) is 12.0. The molecule has 0 saturated carbocycles. The molecule has 0 spiro atoms. The Morgan fingerprint density at radius 1 is 1.26 bits per heavy atom. The van der Waals surface area contributed by atoms with Gasteiger partial charge in [-0.15, -0.1) is 0 Å². The van der Waals surface area contributed by atoms with Crippen LogP contribution in [0.1, 0.15) is 30.0 Å². The molecule has 2 aromatic carbocycles. The normalized spacial score (nSPS) is 16.8. The first-order chi connectivity index (χ1) is 13.0. The van der Waals surface area contributed by atoms with Crippen LogP contribution in [0.25, 0.3) is 10.9 Å². The number of hydrogen-bond donors (Lipinski definition) is 0. The van der Waals surface area contributed by atoms with Gasteiger partial charge < -0.3 is 4.90 Å². The first kappa shape index (κ1) is 17.4. The zero-order valence-electron chi connectivity index (χ0n) is 15.1. The lowest BCUT2D eigenvalue weighted by atomic mass is 9.99. The highest BCUT2D eigenvalue weighted by Crippen LogP contribution is 2.33. The number of aromatic nitrogens is 2. The molecule has 6 heteroatoms. The van der Waals surface area contributed by atoms with E-state index < -0.39 is 11.4 Å². The van der Waals surface area contributed by atoms with Gasteiger partial charge in [-0.1, -0.05) is 24.3 Å². The minimum Gasteiger partial charge on any atom is -0.334 e. The molecule has 138 valence electrons. The van der Waals surface area contributed by atoms with Crippen LogP contribution in [0.3, 0.4) is 0 Å². The molecule has 0 N–H and O–H groups in total. The zero-order valence-corrected chi connectivity index (χ0v) is 15.1. The summed E-state index contributed by atoms with van der Waals surface area (Å²) in [5.74, 6) is -0.620. The first-order valence-corrected chi connectivity index (χ1v) is 9.04. The van der Waals surface area contributed by atoms with Crippen molar-refractivity contribution in [2.45, 2.75) is 32.4 Å². The van der Waals surface area contributed by atoms with Gasteiger partial charge in [0.05, 0.1) is 23.3 Å². The van der Waals surface area contributed by atoms with Crippen molar-refractivity contribution in [2.24, 2.45) is 0 Å². The topological polar surface area (TPSA) is 55.2 Å². The van der Waals surface area contributed by atoms with Gasteiger partial charge in [0, 0.05) is 6.54 Å². The molecule has 1 saturated heterocycles. The van der Waals surface area contributed by atoms with Crippen LogP contribution >= 0.6 is 0 Å². The van der Waals surface area contributed by atoms with Crippen LogP contribution in [0.4, 0.5) is 4.39 Å². The van der Waals surface area contributed by atoms with Crippen molar-refractivity contribution in [3.05, 3.63) is 76.1 Å². The molecular formula is C21H20FN3O2. The van der Waals surface area contributed by atoms with E-state index in [0.717, 1.165) is 30.0 Å². The fourth-order valence-corrected chi connectivity index (χ4v) is 3.83. The summed E-state index contributed by atoms with van der Waals surface area (Å²) < 4.78 is 14.7. The Labute approximate surface area is 156 Å². The Hall–Kier alpha value is -3.02. The third-order valence-corrected chi connectivity index (χ3v) is 5.21. The number of halogens is 1. The average molecular weight is 365 g/mol. The molecule has 0 radical (unpaired) electrons. The van der Waals surface area contributed by atoms with Crippen LogP contribution in [-0.2, 0) is 11.3 Å². The second kappa shape index (κ2) is 6.95. The van der Waals surface area contributed by atoms with Crippen LogP contribution in [-0.4, -0.2) is 26.9 Å². The molecule has 1 aliphatic heterocycles. The second-order valence-corrected chi connectivity index (χ2v) is 6.94. The van der Waals surface area contributed by atoms with Crippen molar-refractivity contribution < 1.29 is 9.18 Å². The Morgan fingerprint density at radius 2 is 2.07 bits per heavy atom. The molecule has 1 fully saturated rings. The quantitative estimate of drug-likeness (QED) is 0.716. The van der Waals surface area contributed by atoms with Crippen LogP contribution in [0.5, 0.6) is 0 Å². The Morgan fingerprint density at radius 3 is 2.89 bits per heavy atom. The lowest BCUT2D eigenvalue weighted by Gasteiger charge is -2.26. The van der Waals surface area contributed by atoms with Crippen LogP contribution in [0.15, 0.2) is 53.6 Å². The number of rotatable bonds is 3. The lowest BCUT2D eigenvalue weighted by molar-refractivity contribution is -0.132. The fourth-order valence-electron chi connectivity index (χ4n) is 3.83. The maximum atomic E-state index is 13.5. The number of hydrogen-bond acceptors (Lipinski definition) is 3. The number of benzene rings is 2. The van der Waals surface area contributed by atoms with Crippen molar-refractivity contribution in [2.75, 3.05) is 6.54 Å². The van der Waals surface area contributed by atoms with Gasteiger partial charge in [0.1, 0.15) is 12.4 Å². The van der Waals surface area contributed by atoms with E-state index in [4.69, 9.17) is 0 Å². The molecule has 1 aromatic heterocycles. The monoisotopic (exact) mass is 365 g/mol. The molecular weight excluding hydrogens is 345 g/mol. The largest absolute Gasteiger partial charge is 0.334 e. The van der Waals surface area contributed by atoms with E-state index in [-0.39, 0.29) is 23.9 Å². The van der Waals surface area contributed by atoms with Crippen LogP contribution in [0.2, 0.25) is 0 Å². The third-order valence-electron chi connectivity index (χ3n) is 5.21. The standard InChI is InChI=1S/C21H20FN3O2/c1-14-5-2-3-6-16(14)19-7-4-10-25(19)20(26)12-24-13-23-18-9-8-15(22)11-17(18)21(24)27/h2-3,5-6,8-9,11,13,19H,4,7,10,12H2,1H3. The zero-order chi connectivity index (χ0) is 19.0. The average Bonchev–Trinajstić information content (AvgIpc) is 3.14. The number of aryl methyl sites for hydroxylation is 1. The van der Waals surface area contributed by atoms with Gasteiger partial charge in [-0.2, -0.15) is 0 Å². The van der Waals surface area contributed by atoms with Crippen molar-refractivity contribution >= 4 is 16.8 Å². The van der Waals surface area contributed by atoms with Gasteiger partial charge >= 0.3 is 0 Å². The molecule has 1 atom stereocenters. The number of fused-ring (bicyclic) bond motifs is 1. The van der Waals surface area contributed by atoms with Crippen molar-refractivity contribution in [1.82, 2.24) is 14.5 Å². The molecule has 0 bridgehead atoms. The molecule has 3 aromatic rings. The first-order valence-electron chi connectivity index (χ1n) is 9.04. The van der Waals surface area contributed by atoms with Crippen LogP contribution in [0, 0.1) is 12.7 Å². The fraction of sp³-hybridized carbons (Fsp3) is 0.286. The SMILES string of the molecule is Cc1ccccc1C1CCCN1C(=O)Cn1cnc2ccc(F)cc2c1=O. The summed E-state index contributed by atoms with van der Waals surface area (Å²) in [5, 5.41) is 0.183. The van der Waals surface area contributed by atoms with E-state index in [9.17, 15) is 14.0 Å². The van der Waals surface area contributed by atoms with E-state index in [2.05, 4.69) is 11.1 Å². The Balaban J connectivity index is 1.62. The smallest absolute Gasteiger partial charge is 0.261 e. The molecule has 1 aliphatic rings. The van der Waals surface area contributed by atoms with Gasteiger partial charge in [-0.3, -0.25) is 14.2 Å². The number of likely N-dealkylation sites (tertiary alicyclic amines) is 1. The predicted octanol–water partition coefficient (Wildman–Crippen LogP) is 3.21. The van der Waals surface area contributed by atoms with Crippen molar-refractivity contribution in [1.29, 1.82) is 0 Å². The van der Waals surface area contributed by atoms with Gasteiger partial charge in [0.2, 0.25) is 5.91 Å². The molecule has 27 heavy (non-hydrogen) atoms. The van der Waals surface area contributed by atoms with Crippen molar-refractivity contribution in [3.63, 3.8) is 0 Å². The second-order valence-electron chi connectivity index (χ2n) is 6.94. The molecule has 1 amide bonds. The van der Waals surface area contributed by atoms with Crippen molar-refractivity contribution in [3.8, 4) is 0 Å². The highest BCUT2D eigenvalue weighted by molar-refractivity contribution is 5.79. The maximum absolute atomic E-state index is 13.5. The Kier molecular flexibility index (Phi) is 4.48. The number of amides is 1. The molecule has 0 aliphatic carbocycles. The summed E-state index contributed by atoms with van der Waals surface area (Å²) in [5.41, 5.74) is 2.32. The summed E-state index contributed by atoms with van der Waals surface area (Å²) in [4.78, 5) is 31.6. The number of carbonyl (C=O) groups excluding carboxylic acids is 1. The highest BCUT2D eigenvalue weighted by Gasteiger charge is 2.30. The predicted molar refractivity (Wildman–Crippen MR) is 101 cm³/mol. The summed E-state index contributed by atoms with van der Waals surface area (Å²) in [6.45, 7) is 2.62. The molecule has 1 unspecified atom stereocenters. The summed E-state index contributed by atoms with van der Waals surface area (Å²) >= 11 is 0. The van der Waals surface area contributed by atoms with E-state index in [0.29, 0.717) is 12.1 Å². The maximum Gasteiger partial charge on any atom is 0.261 e. The third kappa shape index (κ3) is 3.23. The number of nitrogens with zero attached hydrogens (tertiary/aromatic N) is 3. The van der Waals surface area contributed by atoms with E-state index in [1.807, 2.05) is 30.0 Å². The van der Waals surface area contributed by atoms with E-state index >= 15 is 0 Å². The minimum atomic E-state index is -0.496. The molecule has 4 rings (SSSR count). The number of carbonyl (C=O) groups is 1. The van der Waals surface area contributed by atoms with Gasteiger partial charge in [0.25, 0.3) is 5.56 Å². The Bertz CT molecular complexity index is 1080. The molecule has 5 nitrogen and oxygen atoms in total. The minimum absolute atomic E-state index is 0.0280. The molecule has 2 heterocycles. The summed E-state index contributed by atoms with van der Waals surface area (Å²) in [6.07, 6.45) is 3.20. The van der Waals surface area contributed by atoms with Crippen LogP contribution < -0.4 is 5.56 Å². The van der Waals surface area contributed by atoms with Gasteiger partial charge in [0.15, 0.2) is 0 Å². The van der Waals surface area contributed by atoms with E-state index in [1.165, 1.54) is 23.0 Å². The highest BCUT2D eigenvalue weighted by atomic mass is 19.1. The summed E-state index contributed by atoms with van der Waals surface area (Å²) in [7, 11) is 0. The van der Waals surface area contributed by atoms with Gasteiger partial charge in [-0.25, -0.2) is 9.37 Å². The lowest BCUT2D eigenvalue weighted by Crippen LogP contribution is -2.36.